The van der Waals surface area contributed by atoms with Crippen LogP contribution in [0, 0.1) is 6.92 Å². The Hall–Kier alpha value is -2.49. The van der Waals surface area contributed by atoms with Crippen molar-refractivity contribution < 1.29 is 14.6 Å². The topological polar surface area (TPSA) is 70.7 Å². The van der Waals surface area contributed by atoms with E-state index >= 15 is 0 Å². The van der Waals surface area contributed by atoms with Crippen LogP contribution in [0.5, 0.6) is 11.5 Å². The first-order valence-corrected chi connectivity index (χ1v) is 5.45. The maximum atomic E-state index is 12.2. The first kappa shape index (κ1) is 10.7. The first-order chi connectivity index (χ1) is 8.56. The van der Waals surface area contributed by atoms with Crippen molar-refractivity contribution in [3.63, 3.8) is 0 Å². The predicted octanol–water partition coefficient (Wildman–Crippen LogP) is 2.67. The van der Waals surface area contributed by atoms with Crippen molar-refractivity contribution in [2.75, 3.05) is 0 Å². The Morgan fingerprint density at radius 1 is 1.06 bits per heavy atom. The van der Waals surface area contributed by atoms with Gasteiger partial charge in [-0.25, -0.2) is 0 Å². The van der Waals surface area contributed by atoms with Crippen molar-refractivity contribution in [2.24, 2.45) is 0 Å². The summed E-state index contributed by atoms with van der Waals surface area (Å²) in [5, 5.41) is 19.7. The molecule has 2 aromatic carbocycles. The van der Waals surface area contributed by atoms with Crippen LogP contribution < -0.4 is 5.43 Å². The van der Waals surface area contributed by atoms with Crippen LogP contribution in [0.3, 0.4) is 0 Å². The number of rotatable bonds is 0. The van der Waals surface area contributed by atoms with Crippen LogP contribution >= 0.6 is 0 Å². The van der Waals surface area contributed by atoms with E-state index in [1.807, 2.05) is 0 Å². The molecule has 2 N–H and O–H groups in total. The molecule has 0 aliphatic rings. The molecule has 0 saturated heterocycles. The molecule has 0 radical (unpaired) electrons. The fourth-order valence-electron chi connectivity index (χ4n) is 2.08. The van der Waals surface area contributed by atoms with Crippen LogP contribution in [0.2, 0.25) is 0 Å². The minimum absolute atomic E-state index is 0.0295. The molecule has 4 heteroatoms. The lowest BCUT2D eigenvalue weighted by molar-refractivity contribution is 0.474. The van der Waals surface area contributed by atoms with E-state index < -0.39 is 0 Å². The third-order valence-corrected chi connectivity index (χ3v) is 2.88. The van der Waals surface area contributed by atoms with E-state index in [1.165, 1.54) is 24.3 Å². The fraction of sp³-hybridized carbons (Fsp3) is 0.0714. The summed E-state index contributed by atoms with van der Waals surface area (Å²) >= 11 is 0. The largest absolute Gasteiger partial charge is 0.508 e. The molecule has 3 aromatic rings. The molecule has 0 bridgehead atoms. The van der Waals surface area contributed by atoms with Gasteiger partial charge in [0.15, 0.2) is 0 Å². The van der Waals surface area contributed by atoms with E-state index in [-0.39, 0.29) is 22.3 Å². The van der Waals surface area contributed by atoms with Gasteiger partial charge < -0.3 is 14.6 Å². The van der Waals surface area contributed by atoms with Crippen molar-refractivity contribution in [3.8, 4) is 11.5 Å². The molecular weight excluding hydrogens is 232 g/mol. The molecule has 0 fully saturated rings. The van der Waals surface area contributed by atoms with E-state index in [9.17, 15) is 15.0 Å². The highest BCUT2D eigenvalue weighted by Gasteiger charge is 2.12. The van der Waals surface area contributed by atoms with Gasteiger partial charge >= 0.3 is 0 Å². The number of fused-ring (bicyclic) bond motifs is 2. The normalized spacial score (nSPS) is 11.2. The molecule has 0 atom stereocenters. The van der Waals surface area contributed by atoms with Gasteiger partial charge in [-0.05, 0) is 36.8 Å². The van der Waals surface area contributed by atoms with Crippen LogP contribution in [0.15, 0.2) is 39.5 Å². The lowest BCUT2D eigenvalue weighted by Gasteiger charge is -2.04. The van der Waals surface area contributed by atoms with Crippen LogP contribution in [-0.4, -0.2) is 10.2 Å². The van der Waals surface area contributed by atoms with Gasteiger partial charge in [-0.1, -0.05) is 0 Å². The maximum absolute atomic E-state index is 12.2. The first-order valence-electron chi connectivity index (χ1n) is 5.45. The zero-order valence-corrected chi connectivity index (χ0v) is 9.60. The van der Waals surface area contributed by atoms with Gasteiger partial charge in [-0.15, -0.1) is 0 Å². The third-order valence-electron chi connectivity index (χ3n) is 2.88. The Morgan fingerprint density at radius 3 is 2.61 bits per heavy atom. The average Bonchev–Trinajstić information content (AvgIpc) is 2.27. The molecule has 18 heavy (non-hydrogen) atoms. The number of hydrogen-bond donors (Lipinski definition) is 2. The fourth-order valence-corrected chi connectivity index (χ4v) is 2.08. The average molecular weight is 242 g/mol. The van der Waals surface area contributed by atoms with Crippen molar-refractivity contribution in [3.05, 3.63) is 46.1 Å². The lowest BCUT2D eigenvalue weighted by Crippen LogP contribution is -2.02. The molecule has 1 heterocycles. The Kier molecular flexibility index (Phi) is 2.07. The number of aromatic hydroxyl groups is 2. The molecule has 3 rings (SSSR count). The minimum atomic E-state index is -0.302. The summed E-state index contributed by atoms with van der Waals surface area (Å²) in [6.07, 6.45) is 0. The summed E-state index contributed by atoms with van der Waals surface area (Å²) in [7, 11) is 0. The summed E-state index contributed by atoms with van der Waals surface area (Å²) in [4.78, 5) is 12.2. The summed E-state index contributed by atoms with van der Waals surface area (Å²) < 4.78 is 5.55. The van der Waals surface area contributed by atoms with Crippen molar-refractivity contribution in [1.29, 1.82) is 0 Å². The molecule has 0 amide bonds. The Bertz CT molecular complexity index is 830. The highest BCUT2D eigenvalue weighted by Crippen LogP contribution is 2.28. The van der Waals surface area contributed by atoms with Crippen LogP contribution in [0.1, 0.15) is 5.56 Å². The number of hydrogen-bond acceptors (Lipinski definition) is 4. The zero-order valence-electron chi connectivity index (χ0n) is 9.60. The molecule has 90 valence electrons. The van der Waals surface area contributed by atoms with E-state index in [4.69, 9.17) is 4.42 Å². The summed E-state index contributed by atoms with van der Waals surface area (Å²) in [6.45, 7) is 1.80. The Morgan fingerprint density at radius 2 is 1.83 bits per heavy atom. The third kappa shape index (κ3) is 1.43. The van der Waals surface area contributed by atoms with Crippen LogP contribution in [0.25, 0.3) is 21.9 Å². The second-order valence-corrected chi connectivity index (χ2v) is 4.27. The number of benzene rings is 2. The maximum Gasteiger partial charge on any atom is 0.204 e. The monoisotopic (exact) mass is 242 g/mol. The Balaban J connectivity index is 2.61. The second-order valence-electron chi connectivity index (χ2n) is 4.27. The molecule has 0 aliphatic heterocycles. The Labute approximate surface area is 102 Å². The summed E-state index contributed by atoms with van der Waals surface area (Å²) in [6, 6.07) is 7.48. The van der Waals surface area contributed by atoms with E-state index in [0.29, 0.717) is 16.6 Å². The SMILES string of the molecule is Cc1cc(O)c2c(=O)c3ccc(O)cc3oc2c1. The number of phenols is 2. The molecule has 4 nitrogen and oxygen atoms in total. The predicted molar refractivity (Wildman–Crippen MR) is 68.1 cm³/mol. The number of aryl methyl sites for hydroxylation is 1. The van der Waals surface area contributed by atoms with Gasteiger partial charge in [0.2, 0.25) is 5.43 Å². The van der Waals surface area contributed by atoms with Crippen molar-refractivity contribution in [2.45, 2.75) is 6.92 Å². The summed E-state index contributed by atoms with van der Waals surface area (Å²) in [5.41, 5.74) is 1.11. The van der Waals surface area contributed by atoms with E-state index in [0.717, 1.165) is 5.56 Å². The molecule has 0 aliphatic carbocycles. The second kappa shape index (κ2) is 3.50. The van der Waals surface area contributed by atoms with E-state index in [1.54, 1.807) is 13.0 Å². The molecular formula is C14H10O4. The molecule has 0 saturated carbocycles. The molecule has 1 aromatic heterocycles. The van der Waals surface area contributed by atoms with E-state index in [2.05, 4.69) is 0 Å². The van der Waals surface area contributed by atoms with Crippen molar-refractivity contribution >= 4 is 21.9 Å². The van der Waals surface area contributed by atoms with Crippen LogP contribution in [-0.2, 0) is 0 Å². The minimum Gasteiger partial charge on any atom is -0.508 e. The van der Waals surface area contributed by atoms with Gasteiger partial charge in [0, 0.05) is 6.07 Å². The van der Waals surface area contributed by atoms with Gasteiger partial charge in [-0.2, -0.15) is 0 Å². The lowest BCUT2D eigenvalue weighted by atomic mass is 10.1. The molecule has 0 unspecified atom stereocenters. The summed E-state index contributed by atoms with van der Waals surface area (Å²) in [5.74, 6) is -0.0596. The van der Waals surface area contributed by atoms with Gasteiger partial charge in [-0.3, -0.25) is 4.79 Å². The van der Waals surface area contributed by atoms with Crippen molar-refractivity contribution in [1.82, 2.24) is 0 Å². The standard InChI is InChI=1S/C14H10O4/c1-7-4-10(16)13-12(5-7)18-11-6-8(15)2-3-9(11)14(13)17/h2-6,15-16H,1H3. The highest BCUT2D eigenvalue weighted by atomic mass is 16.3. The quantitative estimate of drug-likeness (QED) is 0.594. The molecule has 0 spiro atoms. The van der Waals surface area contributed by atoms with Crippen LogP contribution in [0.4, 0.5) is 0 Å². The van der Waals surface area contributed by atoms with Gasteiger partial charge in [0.25, 0.3) is 0 Å². The van der Waals surface area contributed by atoms with Gasteiger partial charge in [0.05, 0.1) is 5.39 Å². The number of phenolic OH excluding ortho intramolecular Hbond substituents is 2. The highest BCUT2D eigenvalue weighted by molar-refractivity contribution is 5.93. The van der Waals surface area contributed by atoms with Gasteiger partial charge in [0.1, 0.15) is 28.1 Å². The smallest absolute Gasteiger partial charge is 0.204 e. The zero-order chi connectivity index (χ0) is 12.9.